The summed E-state index contributed by atoms with van der Waals surface area (Å²) in [5.41, 5.74) is 1.14. The number of amides is 1. The van der Waals surface area contributed by atoms with Gasteiger partial charge in [-0.3, -0.25) is 4.79 Å². The van der Waals surface area contributed by atoms with Gasteiger partial charge in [0.15, 0.2) is 0 Å². The molecular weight excluding hydrogens is 250 g/mol. The molecule has 18 heavy (non-hydrogen) atoms. The second kappa shape index (κ2) is 5.72. The fourth-order valence-electron chi connectivity index (χ4n) is 2.21. The highest BCUT2D eigenvalue weighted by molar-refractivity contribution is 6.30. The number of hydrogen-bond donors (Lipinski definition) is 2. The Kier molecular flexibility index (Phi) is 4.25. The Morgan fingerprint density at radius 2 is 2.39 bits per heavy atom. The summed E-state index contributed by atoms with van der Waals surface area (Å²) in [6.45, 7) is 2.01. The van der Waals surface area contributed by atoms with Crippen molar-refractivity contribution in [3.63, 3.8) is 0 Å². The third kappa shape index (κ3) is 3.24. The van der Waals surface area contributed by atoms with Crippen molar-refractivity contribution in [2.45, 2.75) is 31.7 Å². The molecule has 1 aromatic carbocycles. The molecular formula is C14H18ClNO2. The first-order chi connectivity index (χ1) is 8.61. The van der Waals surface area contributed by atoms with Crippen molar-refractivity contribution in [2.75, 3.05) is 6.61 Å². The maximum Gasteiger partial charge on any atom is 0.223 e. The number of carbonyl (C=O) groups is 1. The zero-order valence-corrected chi connectivity index (χ0v) is 11.2. The third-order valence-corrected chi connectivity index (χ3v) is 3.59. The van der Waals surface area contributed by atoms with Crippen molar-refractivity contribution in [2.24, 2.45) is 5.92 Å². The lowest BCUT2D eigenvalue weighted by atomic mass is 10.1. The maximum absolute atomic E-state index is 11.9. The van der Waals surface area contributed by atoms with Crippen molar-refractivity contribution in [3.05, 3.63) is 34.9 Å². The Morgan fingerprint density at radius 3 is 3.06 bits per heavy atom. The minimum atomic E-state index is 0.0307. The minimum Gasteiger partial charge on any atom is -0.396 e. The number of rotatable bonds is 5. The van der Waals surface area contributed by atoms with Crippen LogP contribution in [-0.2, 0) is 4.79 Å². The van der Waals surface area contributed by atoms with E-state index in [2.05, 4.69) is 5.32 Å². The molecule has 1 amide bonds. The van der Waals surface area contributed by atoms with Gasteiger partial charge in [-0.05, 0) is 43.4 Å². The SMILES string of the molecule is CC(CCO)NC(=O)C1CC1c1cccc(Cl)c1. The van der Waals surface area contributed by atoms with Gasteiger partial charge in [0.2, 0.25) is 5.91 Å². The summed E-state index contributed by atoms with van der Waals surface area (Å²) in [5, 5.41) is 12.4. The molecule has 98 valence electrons. The van der Waals surface area contributed by atoms with Crippen LogP contribution in [0.3, 0.4) is 0 Å². The summed E-state index contributed by atoms with van der Waals surface area (Å²) in [6, 6.07) is 7.73. The van der Waals surface area contributed by atoms with Crippen molar-refractivity contribution in [3.8, 4) is 0 Å². The minimum absolute atomic E-state index is 0.0307. The first-order valence-electron chi connectivity index (χ1n) is 6.28. The predicted molar refractivity (Wildman–Crippen MR) is 71.6 cm³/mol. The average Bonchev–Trinajstić information content (AvgIpc) is 3.09. The van der Waals surface area contributed by atoms with Crippen LogP contribution in [-0.4, -0.2) is 23.7 Å². The summed E-state index contributed by atoms with van der Waals surface area (Å²) < 4.78 is 0. The number of carbonyl (C=O) groups excluding carboxylic acids is 1. The molecule has 4 heteroatoms. The van der Waals surface area contributed by atoms with Crippen LogP contribution in [0.2, 0.25) is 5.02 Å². The smallest absolute Gasteiger partial charge is 0.223 e. The lowest BCUT2D eigenvalue weighted by Gasteiger charge is -2.12. The van der Waals surface area contributed by atoms with Crippen LogP contribution in [0.5, 0.6) is 0 Å². The molecule has 0 spiro atoms. The highest BCUT2D eigenvalue weighted by Gasteiger charge is 2.44. The second-order valence-corrected chi connectivity index (χ2v) is 5.36. The van der Waals surface area contributed by atoms with Crippen LogP contribution in [0, 0.1) is 5.92 Å². The van der Waals surface area contributed by atoms with Gasteiger partial charge >= 0.3 is 0 Å². The van der Waals surface area contributed by atoms with E-state index in [4.69, 9.17) is 16.7 Å². The maximum atomic E-state index is 11.9. The van der Waals surface area contributed by atoms with E-state index in [0.717, 1.165) is 12.0 Å². The number of aliphatic hydroxyl groups excluding tert-OH is 1. The van der Waals surface area contributed by atoms with Gasteiger partial charge in [0.1, 0.15) is 0 Å². The van der Waals surface area contributed by atoms with Crippen LogP contribution in [0.1, 0.15) is 31.2 Å². The molecule has 2 N–H and O–H groups in total. The number of benzene rings is 1. The summed E-state index contributed by atoms with van der Waals surface area (Å²) >= 11 is 5.94. The van der Waals surface area contributed by atoms with Crippen molar-refractivity contribution in [1.29, 1.82) is 0 Å². The van der Waals surface area contributed by atoms with E-state index < -0.39 is 0 Å². The van der Waals surface area contributed by atoms with Gasteiger partial charge in [0.25, 0.3) is 0 Å². The molecule has 0 aromatic heterocycles. The van der Waals surface area contributed by atoms with E-state index >= 15 is 0 Å². The van der Waals surface area contributed by atoms with Crippen LogP contribution in [0.25, 0.3) is 0 Å². The fraction of sp³-hybridized carbons (Fsp3) is 0.500. The molecule has 3 nitrogen and oxygen atoms in total. The average molecular weight is 268 g/mol. The Balaban J connectivity index is 1.89. The van der Waals surface area contributed by atoms with Gasteiger partial charge in [-0.1, -0.05) is 23.7 Å². The topological polar surface area (TPSA) is 49.3 Å². The number of halogens is 1. The highest BCUT2D eigenvalue weighted by atomic mass is 35.5. The van der Waals surface area contributed by atoms with E-state index in [-0.39, 0.29) is 24.5 Å². The number of hydrogen-bond acceptors (Lipinski definition) is 2. The summed E-state index contributed by atoms with van der Waals surface area (Å²) in [6.07, 6.45) is 1.48. The molecule has 0 heterocycles. The van der Waals surface area contributed by atoms with Crippen LogP contribution in [0.15, 0.2) is 24.3 Å². The molecule has 0 bridgehead atoms. The molecule has 1 saturated carbocycles. The molecule has 2 rings (SSSR count). The quantitative estimate of drug-likeness (QED) is 0.860. The second-order valence-electron chi connectivity index (χ2n) is 4.93. The normalized spacial score (nSPS) is 23.5. The van der Waals surface area contributed by atoms with Crippen molar-refractivity contribution >= 4 is 17.5 Å². The van der Waals surface area contributed by atoms with Gasteiger partial charge in [0, 0.05) is 23.6 Å². The van der Waals surface area contributed by atoms with E-state index in [0.29, 0.717) is 17.4 Å². The van der Waals surface area contributed by atoms with E-state index in [1.54, 1.807) is 0 Å². The lowest BCUT2D eigenvalue weighted by molar-refractivity contribution is -0.123. The van der Waals surface area contributed by atoms with E-state index in [9.17, 15) is 4.79 Å². The van der Waals surface area contributed by atoms with E-state index in [1.807, 2.05) is 31.2 Å². The monoisotopic (exact) mass is 267 g/mol. The van der Waals surface area contributed by atoms with Gasteiger partial charge in [0.05, 0.1) is 0 Å². The molecule has 1 aromatic rings. The summed E-state index contributed by atoms with van der Waals surface area (Å²) in [4.78, 5) is 11.9. The first kappa shape index (κ1) is 13.4. The Morgan fingerprint density at radius 1 is 1.61 bits per heavy atom. The van der Waals surface area contributed by atoms with E-state index in [1.165, 1.54) is 0 Å². The molecule has 1 fully saturated rings. The predicted octanol–water partition coefficient (Wildman–Crippen LogP) is 2.33. The lowest BCUT2D eigenvalue weighted by Crippen LogP contribution is -2.34. The molecule has 1 aliphatic carbocycles. The molecule has 1 aliphatic rings. The molecule has 3 atom stereocenters. The van der Waals surface area contributed by atoms with Gasteiger partial charge in [-0.2, -0.15) is 0 Å². The largest absolute Gasteiger partial charge is 0.396 e. The van der Waals surface area contributed by atoms with Gasteiger partial charge < -0.3 is 10.4 Å². The Labute approximate surface area is 112 Å². The highest BCUT2D eigenvalue weighted by Crippen LogP contribution is 2.47. The number of aliphatic hydroxyl groups is 1. The molecule has 0 aliphatic heterocycles. The summed E-state index contributed by atoms with van der Waals surface area (Å²) in [7, 11) is 0. The van der Waals surface area contributed by atoms with Crippen LogP contribution < -0.4 is 5.32 Å². The van der Waals surface area contributed by atoms with Crippen molar-refractivity contribution < 1.29 is 9.90 Å². The zero-order valence-electron chi connectivity index (χ0n) is 10.4. The van der Waals surface area contributed by atoms with Crippen molar-refractivity contribution in [1.82, 2.24) is 5.32 Å². The Hall–Kier alpha value is -1.06. The number of nitrogens with one attached hydrogen (secondary N) is 1. The van der Waals surface area contributed by atoms with Gasteiger partial charge in [-0.15, -0.1) is 0 Å². The molecule has 0 radical (unpaired) electrons. The van der Waals surface area contributed by atoms with Crippen LogP contribution in [0.4, 0.5) is 0 Å². The fourth-order valence-corrected chi connectivity index (χ4v) is 2.40. The molecule has 0 saturated heterocycles. The molecule has 3 unspecified atom stereocenters. The zero-order chi connectivity index (χ0) is 13.1. The first-order valence-corrected chi connectivity index (χ1v) is 6.66. The summed E-state index contributed by atoms with van der Waals surface area (Å²) in [5.74, 6) is 0.440. The van der Waals surface area contributed by atoms with Gasteiger partial charge in [-0.25, -0.2) is 0 Å². The Bertz CT molecular complexity index is 436. The third-order valence-electron chi connectivity index (χ3n) is 3.35. The standard InChI is InChI=1S/C14H18ClNO2/c1-9(5-6-17)16-14(18)13-8-12(13)10-3-2-4-11(15)7-10/h2-4,7,9,12-13,17H,5-6,8H2,1H3,(H,16,18). The van der Waals surface area contributed by atoms with Crippen LogP contribution >= 0.6 is 11.6 Å².